The van der Waals surface area contributed by atoms with Crippen LogP contribution in [-0.4, -0.2) is 26.8 Å². The van der Waals surface area contributed by atoms with Crippen LogP contribution in [0, 0.1) is 12.8 Å². The Morgan fingerprint density at radius 3 is 2.44 bits per heavy atom. The van der Waals surface area contributed by atoms with Gasteiger partial charge in [-0.1, -0.05) is 18.2 Å². The van der Waals surface area contributed by atoms with Crippen LogP contribution >= 0.6 is 0 Å². The maximum absolute atomic E-state index is 13.5. The van der Waals surface area contributed by atoms with E-state index >= 15 is 0 Å². The van der Waals surface area contributed by atoms with E-state index in [2.05, 4.69) is 15.4 Å². The fraction of sp³-hybridized carbons (Fsp3) is 0.423. The number of carbonyl (C=O) groups excluding carboxylic acids is 1. The summed E-state index contributed by atoms with van der Waals surface area (Å²) >= 11 is 0. The van der Waals surface area contributed by atoms with Gasteiger partial charge in [-0.05, 0) is 64.3 Å². The van der Waals surface area contributed by atoms with Crippen molar-refractivity contribution < 1.29 is 22.7 Å². The number of nitrogens with two attached hydrogens (primary N) is 1. The molecule has 7 nitrogen and oxygen atoms in total. The van der Waals surface area contributed by atoms with Crippen LogP contribution in [0.2, 0.25) is 0 Å². The Kier molecular flexibility index (Phi) is 6.72. The molecule has 2 aromatic heterocycles. The normalized spacial score (nSPS) is 18.0. The Hall–Kier alpha value is -3.56. The number of hydrogen-bond acceptors (Lipinski definition) is 5. The van der Waals surface area contributed by atoms with Gasteiger partial charge in [-0.2, -0.15) is 18.3 Å². The molecule has 1 aromatic carbocycles. The molecule has 0 aliphatic heterocycles. The number of nitrogen functional groups attached to an aromatic ring is 1. The largest absolute Gasteiger partial charge is 0.420 e. The van der Waals surface area contributed by atoms with Crippen LogP contribution in [0.25, 0.3) is 0 Å². The molecular weight excluding hydrogens is 471 g/mol. The predicted octanol–water partition coefficient (Wildman–Crippen LogP) is 5.70. The zero-order chi connectivity index (χ0) is 26.3. The van der Waals surface area contributed by atoms with Gasteiger partial charge in [0.2, 0.25) is 11.8 Å². The molecule has 1 aliphatic rings. The molecule has 0 saturated heterocycles. The summed E-state index contributed by atoms with van der Waals surface area (Å²) in [6.07, 6.45) is -2.31. The monoisotopic (exact) mass is 501 g/mol. The molecule has 2 atom stereocenters. The van der Waals surface area contributed by atoms with E-state index in [0.717, 1.165) is 5.56 Å². The third kappa shape index (κ3) is 5.17. The van der Waals surface area contributed by atoms with Gasteiger partial charge in [0.05, 0.1) is 11.5 Å². The third-order valence-electron chi connectivity index (χ3n) is 6.44. The molecule has 0 spiro atoms. The van der Waals surface area contributed by atoms with Crippen molar-refractivity contribution >= 4 is 11.6 Å². The lowest BCUT2D eigenvalue weighted by Crippen LogP contribution is -2.36. The predicted molar refractivity (Wildman–Crippen MR) is 130 cm³/mol. The second-order valence-electron chi connectivity index (χ2n) is 10.1. The van der Waals surface area contributed by atoms with Gasteiger partial charge in [0.1, 0.15) is 0 Å². The number of hydrogen-bond donors (Lipinski definition) is 2. The minimum Gasteiger partial charge on any atom is -0.420 e. The van der Waals surface area contributed by atoms with E-state index in [0.29, 0.717) is 23.2 Å². The zero-order valence-electron chi connectivity index (χ0n) is 20.7. The van der Waals surface area contributed by atoms with E-state index in [1.807, 2.05) is 32.9 Å². The van der Waals surface area contributed by atoms with Crippen LogP contribution in [0.4, 0.5) is 18.9 Å². The minimum atomic E-state index is -4.28. The number of benzene rings is 1. The Bertz CT molecular complexity index is 1250. The Labute approximate surface area is 207 Å². The van der Waals surface area contributed by atoms with Crippen molar-refractivity contribution in [1.29, 1.82) is 0 Å². The first-order chi connectivity index (χ1) is 16.9. The lowest BCUT2D eigenvalue weighted by atomic mass is 9.70. The van der Waals surface area contributed by atoms with Crippen molar-refractivity contribution in [2.75, 3.05) is 5.73 Å². The molecule has 10 heteroatoms. The molecule has 2 unspecified atom stereocenters. The van der Waals surface area contributed by atoms with Crippen molar-refractivity contribution in [2.45, 2.75) is 64.7 Å². The first-order valence-corrected chi connectivity index (χ1v) is 11.8. The molecule has 192 valence electrons. The highest BCUT2D eigenvalue weighted by Crippen LogP contribution is 2.53. The second-order valence-corrected chi connectivity index (χ2v) is 10.1. The van der Waals surface area contributed by atoms with Crippen LogP contribution in [0.3, 0.4) is 0 Å². The first-order valence-electron chi connectivity index (χ1n) is 11.8. The third-order valence-corrected chi connectivity index (χ3v) is 6.44. The van der Waals surface area contributed by atoms with E-state index in [1.165, 1.54) is 6.20 Å². The van der Waals surface area contributed by atoms with Crippen molar-refractivity contribution in [3.8, 4) is 11.8 Å². The summed E-state index contributed by atoms with van der Waals surface area (Å²) in [7, 11) is 0. The fourth-order valence-corrected chi connectivity index (χ4v) is 4.30. The molecule has 3 N–H and O–H groups in total. The average molecular weight is 502 g/mol. The number of carbonyl (C=O) groups is 1. The molecule has 36 heavy (non-hydrogen) atoms. The van der Waals surface area contributed by atoms with Gasteiger partial charge in [-0.3, -0.25) is 4.79 Å². The second kappa shape index (κ2) is 9.48. The summed E-state index contributed by atoms with van der Waals surface area (Å²) < 4.78 is 48.1. The number of alkyl halides is 3. The summed E-state index contributed by atoms with van der Waals surface area (Å²) in [5, 5.41) is 7.37. The topological polar surface area (TPSA) is 95.1 Å². The lowest BCUT2D eigenvalue weighted by Gasteiger charge is -2.38. The number of nitrogens with zero attached hydrogens (tertiary/aromatic N) is 3. The van der Waals surface area contributed by atoms with E-state index in [-0.39, 0.29) is 30.4 Å². The maximum atomic E-state index is 13.5. The van der Waals surface area contributed by atoms with Crippen LogP contribution in [0.5, 0.6) is 11.8 Å². The molecule has 0 bridgehead atoms. The van der Waals surface area contributed by atoms with Crippen LogP contribution in [0.15, 0.2) is 42.6 Å². The number of ether oxygens (including phenoxy) is 1. The summed E-state index contributed by atoms with van der Waals surface area (Å²) in [5.74, 6) is -2.17. The Balaban J connectivity index is 1.63. The standard InChI is InChI=1S/C26H30F3N5O2/c1-15-21(22(35)32-14-16-7-9-17(30)10-8-16)33-34(25(2,3)4)24(15)36-23-19(6-5-13-31-23)18-11-12-20(18)26(27,28)29/h5-10,13,18,20H,11-12,14,30H2,1-4H3,(H,32,35). The van der Waals surface area contributed by atoms with Crippen LogP contribution in [0.1, 0.15) is 66.7 Å². The molecule has 2 heterocycles. The Morgan fingerprint density at radius 1 is 1.17 bits per heavy atom. The number of aromatic nitrogens is 3. The van der Waals surface area contributed by atoms with Crippen molar-refractivity contribution in [2.24, 2.45) is 5.92 Å². The molecule has 1 aliphatic carbocycles. The molecule has 0 radical (unpaired) electrons. The maximum Gasteiger partial charge on any atom is 0.392 e. The van der Waals surface area contributed by atoms with Crippen molar-refractivity contribution in [1.82, 2.24) is 20.1 Å². The van der Waals surface area contributed by atoms with Gasteiger partial charge >= 0.3 is 6.18 Å². The van der Waals surface area contributed by atoms with Gasteiger partial charge in [-0.25, -0.2) is 9.67 Å². The number of anilines is 1. The molecule has 3 aromatic rings. The van der Waals surface area contributed by atoms with Gasteiger partial charge in [0.25, 0.3) is 5.91 Å². The number of pyridine rings is 1. The first kappa shape index (κ1) is 25.5. The van der Waals surface area contributed by atoms with Gasteiger partial charge in [0, 0.05) is 35.5 Å². The quantitative estimate of drug-likeness (QED) is 0.423. The fourth-order valence-electron chi connectivity index (χ4n) is 4.30. The molecular formula is C26H30F3N5O2. The molecule has 1 saturated carbocycles. The van der Waals surface area contributed by atoms with Crippen molar-refractivity contribution in [3.05, 3.63) is 65.0 Å². The van der Waals surface area contributed by atoms with Crippen LogP contribution < -0.4 is 15.8 Å². The van der Waals surface area contributed by atoms with Gasteiger partial charge in [-0.15, -0.1) is 0 Å². The lowest BCUT2D eigenvalue weighted by molar-refractivity contribution is -0.201. The van der Waals surface area contributed by atoms with E-state index in [4.69, 9.17) is 10.5 Å². The number of halogens is 3. The summed E-state index contributed by atoms with van der Waals surface area (Å²) in [6, 6.07) is 10.4. The smallest absolute Gasteiger partial charge is 0.392 e. The van der Waals surface area contributed by atoms with E-state index in [9.17, 15) is 18.0 Å². The summed E-state index contributed by atoms with van der Waals surface area (Å²) in [5.41, 5.74) is 7.69. The van der Waals surface area contributed by atoms with E-state index < -0.39 is 29.5 Å². The molecule has 4 rings (SSSR count). The number of nitrogens with one attached hydrogen (secondary N) is 1. The highest BCUT2D eigenvalue weighted by Gasteiger charge is 2.51. The molecule has 1 fully saturated rings. The SMILES string of the molecule is Cc1c(C(=O)NCc2ccc(N)cc2)nn(C(C)(C)C)c1Oc1ncccc1C1CCC1C(F)(F)F. The Morgan fingerprint density at radius 2 is 1.86 bits per heavy atom. The van der Waals surface area contributed by atoms with Crippen molar-refractivity contribution in [3.63, 3.8) is 0 Å². The highest BCUT2D eigenvalue weighted by molar-refractivity contribution is 5.94. The van der Waals surface area contributed by atoms with Crippen LogP contribution in [-0.2, 0) is 12.1 Å². The minimum absolute atomic E-state index is 0.0831. The highest BCUT2D eigenvalue weighted by atomic mass is 19.4. The zero-order valence-corrected chi connectivity index (χ0v) is 20.7. The summed E-state index contributed by atoms with van der Waals surface area (Å²) in [6.45, 7) is 7.67. The van der Waals surface area contributed by atoms with Gasteiger partial charge < -0.3 is 15.8 Å². The van der Waals surface area contributed by atoms with E-state index in [1.54, 1.807) is 35.9 Å². The average Bonchev–Trinajstić information content (AvgIpc) is 3.09. The van der Waals surface area contributed by atoms with Gasteiger partial charge in [0.15, 0.2) is 5.69 Å². The molecule has 1 amide bonds. The number of amides is 1. The summed E-state index contributed by atoms with van der Waals surface area (Å²) in [4.78, 5) is 17.3. The number of rotatable bonds is 6.